The van der Waals surface area contributed by atoms with Gasteiger partial charge < -0.3 is 4.74 Å². The number of rotatable bonds is 4. The maximum Gasteiger partial charge on any atom is 0.119 e. The van der Waals surface area contributed by atoms with Gasteiger partial charge in [-0.1, -0.05) is 67.6 Å². The quantitative estimate of drug-likeness (QED) is 0.531. The van der Waals surface area contributed by atoms with Gasteiger partial charge in [-0.05, 0) is 58.5 Å². The minimum Gasteiger partial charge on any atom is -0.361 e. The molecule has 3 aromatic rings. The SMILES string of the molecule is C=C(C)COC1(CC)c2ccccc2-c2cc3ccccc3cc21. The van der Waals surface area contributed by atoms with E-state index in [0.717, 1.165) is 12.0 Å². The number of hydrogen-bond donors (Lipinski definition) is 0. The Morgan fingerprint density at radius 1 is 0.917 bits per heavy atom. The van der Waals surface area contributed by atoms with Crippen molar-refractivity contribution in [1.29, 1.82) is 0 Å². The van der Waals surface area contributed by atoms with E-state index in [1.54, 1.807) is 0 Å². The first-order valence-electron chi connectivity index (χ1n) is 8.57. The molecule has 0 N–H and O–H groups in total. The molecule has 0 aromatic heterocycles. The summed E-state index contributed by atoms with van der Waals surface area (Å²) in [5, 5.41) is 2.54. The van der Waals surface area contributed by atoms with Crippen LogP contribution in [0.2, 0.25) is 0 Å². The Morgan fingerprint density at radius 2 is 1.58 bits per heavy atom. The van der Waals surface area contributed by atoms with Gasteiger partial charge in [-0.3, -0.25) is 0 Å². The lowest BCUT2D eigenvalue weighted by molar-refractivity contribution is -0.00470. The first-order chi connectivity index (χ1) is 11.7. The first-order valence-corrected chi connectivity index (χ1v) is 8.57. The summed E-state index contributed by atoms with van der Waals surface area (Å²) in [6, 6.07) is 21.8. The summed E-state index contributed by atoms with van der Waals surface area (Å²) < 4.78 is 6.50. The Kier molecular flexibility index (Phi) is 3.54. The number of ether oxygens (including phenoxy) is 1. The predicted octanol–water partition coefficient (Wildman–Crippen LogP) is 6.07. The molecular weight excluding hydrogens is 292 g/mol. The van der Waals surface area contributed by atoms with Gasteiger partial charge in [0.1, 0.15) is 5.60 Å². The summed E-state index contributed by atoms with van der Waals surface area (Å²) in [6.45, 7) is 8.82. The van der Waals surface area contributed by atoms with Gasteiger partial charge in [0.15, 0.2) is 0 Å². The van der Waals surface area contributed by atoms with Crippen molar-refractivity contribution in [2.45, 2.75) is 25.9 Å². The molecule has 1 heteroatoms. The minimum absolute atomic E-state index is 0.380. The van der Waals surface area contributed by atoms with Crippen LogP contribution in [-0.2, 0) is 10.3 Å². The molecule has 24 heavy (non-hydrogen) atoms. The van der Waals surface area contributed by atoms with E-state index in [2.05, 4.69) is 74.2 Å². The zero-order valence-electron chi connectivity index (χ0n) is 14.3. The van der Waals surface area contributed by atoms with E-state index in [1.165, 1.54) is 33.0 Å². The van der Waals surface area contributed by atoms with E-state index in [-0.39, 0.29) is 5.60 Å². The molecule has 0 amide bonds. The fourth-order valence-electron chi connectivity index (χ4n) is 3.90. The summed E-state index contributed by atoms with van der Waals surface area (Å²) in [4.78, 5) is 0. The summed E-state index contributed by atoms with van der Waals surface area (Å²) in [6.07, 6.45) is 0.905. The van der Waals surface area contributed by atoms with E-state index in [4.69, 9.17) is 4.74 Å². The molecule has 3 aromatic carbocycles. The van der Waals surface area contributed by atoms with E-state index in [1.807, 2.05) is 6.92 Å². The van der Waals surface area contributed by atoms with E-state index >= 15 is 0 Å². The second-order valence-corrected chi connectivity index (χ2v) is 6.72. The topological polar surface area (TPSA) is 9.23 Å². The smallest absolute Gasteiger partial charge is 0.119 e. The van der Waals surface area contributed by atoms with Gasteiger partial charge in [0.05, 0.1) is 6.61 Å². The van der Waals surface area contributed by atoms with Crippen molar-refractivity contribution >= 4 is 10.8 Å². The molecule has 0 saturated heterocycles. The van der Waals surface area contributed by atoms with Crippen LogP contribution in [0.25, 0.3) is 21.9 Å². The second kappa shape index (κ2) is 5.61. The second-order valence-electron chi connectivity index (χ2n) is 6.72. The average molecular weight is 314 g/mol. The molecular formula is C23H22O. The standard InChI is InChI=1S/C23H22O/c1-4-23(24-15-16(2)3)21-12-8-7-11-19(21)20-13-17-9-5-6-10-18(17)14-22(20)23/h5-14H,2,4,15H2,1,3H3. The van der Waals surface area contributed by atoms with Crippen LogP contribution in [0.15, 0.2) is 72.8 Å². The van der Waals surface area contributed by atoms with Crippen LogP contribution in [0.5, 0.6) is 0 Å². The number of fused-ring (bicyclic) bond motifs is 4. The molecule has 1 atom stereocenters. The lowest BCUT2D eigenvalue weighted by Crippen LogP contribution is -2.29. The van der Waals surface area contributed by atoms with Gasteiger partial charge in [0, 0.05) is 0 Å². The number of benzene rings is 3. The van der Waals surface area contributed by atoms with Crippen molar-refractivity contribution in [3.63, 3.8) is 0 Å². The van der Waals surface area contributed by atoms with Crippen molar-refractivity contribution in [1.82, 2.24) is 0 Å². The largest absolute Gasteiger partial charge is 0.361 e. The van der Waals surface area contributed by atoms with Crippen molar-refractivity contribution in [2.24, 2.45) is 0 Å². The molecule has 120 valence electrons. The van der Waals surface area contributed by atoms with Gasteiger partial charge in [0.2, 0.25) is 0 Å². The van der Waals surface area contributed by atoms with Crippen LogP contribution in [0.3, 0.4) is 0 Å². The minimum atomic E-state index is -0.380. The highest BCUT2D eigenvalue weighted by atomic mass is 16.5. The Labute approximate surface area is 143 Å². The predicted molar refractivity (Wildman–Crippen MR) is 101 cm³/mol. The third-order valence-corrected chi connectivity index (χ3v) is 5.04. The van der Waals surface area contributed by atoms with Gasteiger partial charge >= 0.3 is 0 Å². The fourth-order valence-corrected chi connectivity index (χ4v) is 3.90. The molecule has 0 aliphatic heterocycles. The monoisotopic (exact) mass is 314 g/mol. The van der Waals surface area contributed by atoms with Crippen LogP contribution in [-0.4, -0.2) is 6.61 Å². The van der Waals surface area contributed by atoms with E-state index in [0.29, 0.717) is 6.61 Å². The highest BCUT2D eigenvalue weighted by Crippen LogP contribution is 2.52. The highest BCUT2D eigenvalue weighted by molar-refractivity contribution is 5.93. The van der Waals surface area contributed by atoms with Crippen LogP contribution < -0.4 is 0 Å². The third-order valence-electron chi connectivity index (χ3n) is 5.04. The summed E-state index contributed by atoms with van der Waals surface area (Å²) in [7, 11) is 0. The lowest BCUT2D eigenvalue weighted by atomic mass is 9.87. The first kappa shape index (κ1) is 15.2. The van der Waals surface area contributed by atoms with Gasteiger partial charge in [-0.15, -0.1) is 0 Å². The molecule has 1 aliphatic carbocycles. The summed E-state index contributed by atoms with van der Waals surface area (Å²) >= 11 is 0. The van der Waals surface area contributed by atoms with Gasteiger partial charge in [-0.2, -0.15) is 0 Å². The van der Waals surface area contributed by atoms with Crippen molar-refractivity contribution in [2.75, 3.05) is 6.61 Å². The molecule has 1 nitrogen and oxygen atoms in total. The van der Waals surface area contributed by atoms with Gasteiger partial charge in [-0.25, -0.2) is 0 Å². The summed E-state index contributed by atoms with van der Waals surface area (Å²) in [5.74, 6) is 0. The van der Waals surface area contributed by atoms with E-state index < -0.39 is 0 Å². The molecule has 0 heterocycles. The molecule has 4 rings (SSSR count). The average Bonchev–Trinajstić information content (AvgIpc) is 2.88. The molecule has 0 radical (unpaired) electrons. The zero-order chi connectivity index (χ0) is 16.7. The fraction of sp³-hybridized carbons (Fsp3) is 0.217. The van der Waals surface area contributed by atoms with Crippen LogP contribution in [0.4, 0.5) is 0 Å². The maximum atomic E-state index is 6.50. The maximum absolute atomic E-state index is 6.50. The molecule has 1 aliphatic rings. The van der Waals surface area contributed by atoms with Crippen molar-refractivity contribution in [3.8, 4) is 11.1 Å². The summed E-state index contributed by atoms with van der Waals surface area (Å²) in [5.41, 5.74) is 5.82. The van der Waals surface area contributed by atoms with E-state index in [9.17, 15) is 0 Å². The van der Waals surface area contributed by atoms with Crippen LogP contribution in [0.1, 0.15) is 31.4 Å². The van der Waals surface area contributed by atoms with Crippen molar-refractivity contribution < 1.29 is 4.74 Å². The number of hydrogen-bond acceptors (Lipinski definition) is 1. The normalized spacial score (nSPS) is 18.4. The molecule has 0 spiro atoms. The Morgan fingerprint density at radius 3 is 2.29 bits per heavy atom. The zero-order valence-corrected chi connectivity index (χ0v) is 14.3. The van der Waals surface area contributed by atoms with Crippen molar-refractivity contribution in [3.05, 3.63) is 83.9 Å². The Bertz CT molecular complexity index is 938. The molecule has 0 saturated carbocycles. The van der Waals surface area contributed by atoms with Crippen LogP contribution in [0, 0.1) is 0 Å². The molecule has 0 fully saturated rings. The Balaban J connectivity index is 2.01. The molecule has 0 bridgehead atoms. The third kappa shape index (κ3) is 2.12. The molecule has 1 unspecified atom stereocenters. The highest BCUT2D eigenvalue weighted by Gasteiger charge is 2.43. The van der Waals surface area contributed by atoms with Gasteiger partial charge in [0.25, 0.3) is 0 Å². The lowest BCUT2D eigenvalue weighted by Gasteiger charge is -2.31. The van der Waals surface area contributed by atoms with Crippen LogP contribution >= 0.6 is 0 Å². The Hall–Kier alpha value is -2.38.